The van der Waals surface area contributed by atoms with Crippen LogP contribution in [0.4, 0.5) is 0 Å². The number of rotatable bonds is 5. The molecule has 17 heavy (non-hydrogen) atoms. The number of aromatic nitrogens is 2. The normalized spacial score (nSPS) is 19.5. The molecule has 5 nitrogen and oxygen atoms in total. The van der Waals surface area contributed by atoms with Crippen molar-refractivity contribution < 1.29 is 4.79 Å². The summed E-state index contributed by atoms with van der Waals surface area (Å²) in [6.07, 6.45) is 5.23. The number of nitrogens with zero attached hydrogens (tertiary/aromatic N) is 3. The zero-order valence-corrected chi connectivity index (χ0v) is 10.3. The highest BCUT2D eigenvalue weighted by Crippen LogP contribution is 2.10. The van der Waals surface area contributed by atoms with Crippen LogP contribution >= 0.6 is 0 Å². The summed E-state index contributed by atoms with van der Waals surface area (Å²) in [4.78, 5) is 14.1. The minimum Gasteiger partial charge on any atom is -0.339 e. The Morgan fingerprint density at radius 2 is 2.53 bits per heavy atom. The molecule has 0 aromatic carbocycles. The van der Waals surface area contributed by atoms with E-state index in [1.54, 1.807) is 10.9 Å². The van der Waals surface area contributed by atoms with Gasteiger partial charge in [0, 0.05) is 44.5 Å². The fraction of sp³-hybridized carbons (Fsp3) is 0.667. The topological polar surface area (TPSA) is 50.2 Å². The molecule has 1 amide bonds. The van der Waals surface area contributed by atoms with Gasteiger partial charge in [0.1, 0.15) is 0 Å². The van der Waals surface area contributed by atoms with E-state index in [0.29, 0.717) is 19.0 Å². The van der Waals surface area contributed by atoms with Gasteiger partial charge in [-0.05, 0) is 26.0 Å². The van der Waals surface area contributed by atoms with E-state index in [2.05, 4.69) is 10.4 Å². The summed E-state index contributed by atoms with van der Waals surface area (Å²) < 4.78 is 1.80. The summed E-state index contributed by atoms with van der Waals surface area (Å²) >= 11 is 0. The number of aryl methyl sites for hydroxylation is 1. The number of amides is 1. The second-order valence-corrected chi connectivity index (χ2v) is 4.35. The van der Waals surface area contributed by atoms with Crippen molar-refractivity contribution in [3.8, 4) is 0 Å². The molecule has 1 N–H and O–H groups in total. The molecule has 5 heteroatoms. The van der Waals surface area contributed by atoms with Crippen LogP contribution < -0.4 is 5.32 Å². The average molecular weight is 236 g/mol. The highest BCUT2D eigenvalue weighted by molar-refractivity contribution is 5.76. The van der Waals surface area contributed by atoms with Gasteiger partial charge in [0.25, 0.3) is 0 Å². The summed E-state index contributed by atoms with van der Waals surface area (Å²) in [5.74, 6) is 0.233. The number of hydrogen-bond donors (Lipinski definition) is 1. The molecule has 1 atom stereocenters. The van der Waals surface area contributed by atoms with E-state index in [1.165, 1.54) is 0 Å². The molecular weight excluding hydrogens is 216 g/mol. The van der Waals surface area contributed by atoms with Gasteiger partial charge in [0.05, 0.1) is 0 Å². The van der Waals surface area contributed by atoms with Crippen LogP contribution in [0.15, 0.2) is 18.5 Å². The summed E-state index contributed by atoms with van der Waals surface area (Å²) in [5, 5.41) is 7.40. The molecule has 0 saturated carbocycles. The van der Waals surface area contributed by atoms with Gasteiger partial charge in [-0.15, -0.1) is 0 Å². The molecule has 0 spiro atoms. The average Bonchev–Trinajstić information content (AvgIpc) is 3.00. The van der Waals surface area contributed by atoms with Gasteiger partial charge in [-0.2, -0.15) is 5.10 Å². The Bertz CT molecular complexity index is 343. The molecule has 1 fully saturated rings. The van der Waals surface area contributed by atoms with E-state index in [9.17, 15) is 4.79 Å². The predicted octanol–water partition coefficient (Wildman–Crippen LogP) is 0.484. The first-order valence-electron chi connectivity index (χ1n) is 6.29. The van der Waals surface area contributed by atoms with Crippen LogP contribution in [0.3, 0.4) is 0 Å². The van der Waals surface area contributed by atoms with Crippen LogP contribution in [-0.4, -0.2) is 46.3 Å². The zero-order chi connectivity index (χ0) is 12.1. The number of carbonyl (C=O) groups is 1. The van der Waals surface area contributed by atoms with E-state index < -0.39 is 0 Å². The molecule has 94 valence electrons. The molecular formula is C12H20N4O. The van der Waals surface area contributed by atoms with Crippen LogP contribution in [-0.2, 0) is 11.3 Å². The van der Waals surface area contributed by atoms with Crippen LogP contribution in [0.5, 0.6) is 0 Å². The molecule has 0 bridgehead atoms. The quantitative estimate of drug-likeness (QED) is 0.809. The van der Waals surface area contributed by atoms with Crippen LogP contribution in [0, 0.1) is 0 Å². The summed E-state index contributed by atoms with van der Waals surface area (Å²) in [7, 11) is 0. The maximum atomic E-state index is 12.1. The zero-order valence-electron chi connectivity index (χ0n) is 10.3. The fourth-order valence-electron chi connectivity index (χ4n) is 2.33. The van der Waals surface area contributed by atoms with Gasteiger partial charge in [-0.1, -0.05) is 0 Å². The molecule has 1 aromatic heterocycles. The summed E-state index contributed by atoms with van der Waals surface area (Å²) in [6, 6.07) is 2.26. The van der Waals surface area contributed by atoms with Gasteiger partial charge in [0.15, 0.2) is 0 Å². The lowest BCUT2D eigenvalue weighted by Gasteiger charge is -2.27. The lowest BCUT2D eigenvalue weighted by Crippen LogP contribution is -2.41. The highest BCUT2D eigenvalue weighted by atomic mass is 16.2. The number of likely N-dealkylation sites (N-methyl/N-ethyl adjacent to an activating group) is 1. The molecule has 1 aliphatic rings. The van der Waals surface area contributed by atoms with Crippen molar-refractivity contribution in [2.24, 2.45) is 0 Å². The monoisotopic (exact) mass is 236 g/mol. The van der Waals surface area contributed by atoms with Gasteiger partial charge >= 0.3 is 0 Å². The molecule has 1 aliphatic heterocycles. The molecule has 1 unspecified atom stereocenters. The van der Waals surface area contributed by atoms with Crippen molar-refractivity contribution in [2.75, 3.05) is 19.6 Å². The van der Waals surface area contributed by atoms with E-state index in [4.69, 9.17) is 0 Å². The third kappa shape index (κ3) is 3.06. The Labute approximate surface area is 102 Å². The van der Waals surface area contributed by atoms with Crippen LogP contribution in [0.2, 0.25) is 0 Å². The van der Waals surface area contributed by atoms with E-state index >= 15 is 0 Å². The second kappa shape index (κ2) is 5.82. The van der Waals surface area contributed by atoms with Gasteiger partial charge in [-0.25, -0.2) is 0 Å². The Kier molecular flexibility index (Phi) is 4.14. The number of carbonyl (C=O) groups excluding carboxylic acids is 1. The summed E-state index contributed by atoms with van der Waals surface area (Å²) in [5.41, 5.74) is 0. The lowest BCUT2D eigenvalue weighted by atomic mass is 10.2. The van der Waals surface area contributed by atoms with Crippen LogP contribution in [0.25, 0.3) is 0 Å². The van der Waals surface area contributed by atoms with Gasteiger partial charge in [-0.3, -0.25) is 9.48 Å². The SMILES string of the molecule is CCN(C(=O)CCn1cccn1)C1CCNC1. The minimum absolute atomic E-state index is 0.233. The number of hydrogen-bond acceptors (Lipinski definition) is 3. The Balaban J connectivity index is 1.84. The van der Waals surface area contributed by atoms with Crippen LogP contribution in [0.1, 0.15) is 19.8 Å². The first kappa shape index (κ1) is 12.1. The largest absolute Gasteiger partial charge is 0.339 e. The third-order valence-corrected chi connectivity index (χ3v) is 3.25. The summed E-state index contributed by atoms with van der Waals surface area (Å²) in [6.45, 7) is 5.46. The third-order valence-electron chi connectivity index (χ3n) is 3.25. The minimum atomic E-state index is 0.233. The molecule has 2 rings (SSSR count). The molecule has 1 aromatic rings. The Hall–Kier alpha value is -1.36. The van der Waals surface area contributed by atoms with E-state index in [0.717, 1.165) is 26.1 Å². The predicted molar refractivity (Wildman–Crippen MR) is 65.5 cm³/mol. The Morgan fingerprint density at radius 3 is 3.12 bits per heavy atom. The Morgan fingerprint density at radius 1 is 1.65 bits per heavy atom. The van der Waals surface area contributed by atoms with Crippen molar-refractivity contribution >= 4 is 5.91 Å². The molecule has 0 aliphatic carbocycles. The molecule has 1 saturated heterocycles. The maximum absolute atomic E-state index is 12.1. The second-order valence-electron chi connectivity index (χ2n) is 4.35. The smallest absolute Gasteiger partial charge is 0.224 e. The van der Waals surface area contributed by atoms with Gasteiger partial charge < -0.3 is 10.2 Å². The van der Waals surface area contributed by atoms with Crippen molar-refractivity contribution in [3.05, 3.63) is 18.5 Å². The number of nitrogens with one attached hydrogen (secondary N) is 1. The first-order valence-corrected chi connectivity index (χ1v) is 6.29. The molecule has 2 heterocycles. The molecule has 0 radical (unpaired) electrons. The van der Waals surface area contributed by atoms with Crippen molar-refractivity contribution in [1.82, 2.24) is 20.0 Å². The van der Waals surface area contributed by atoms with Crippen molar-refractivity contribution in [1.29, 1.82) is 0 Å². The maximum Gasteiger partial charge on any atom is 0.224 e. The van der Waals surface area contributed by atoms with Crippen molar-refractivity contribution in [3.63, 3.8) is 0 Å². The van der Waals surface area contributed by atoms with Gasteiger partial charge in [0.2, 0.25) is 5.91 Å². The standard InChI is InChI=1S/C12H20N4O/c1-2-16(11-4-7-13-10-11)12(17)5-9-15-8-3-6-14-15/h3,6,8,11,13H,2,4-5,7,9-10H2,1H3. The van der Waals surface area contributed by atoms with E-state index in [-0.39, 0.29) is 5.91 Å². The first-order chi connectivity index (χ1) is 8.31. The lowest BCUT2D eigenvalue weighted by molar-refractivity contribution is -0.133. The fourth-order valence-corrected chi connectivity index (χ4v) is 2.33. The van der Waals surface area contributed by atoms with Crippen molar-refractivity contribution in [2.45, 2.75) is 32.4 Å². The van der Waals surface area contributed by atoms with E-state index in [1.807, 2.05) is 24.1 Å². The highest BCUT2D eigenvalue weighted by Gasteiger charge is 2.24.